The molecule has 1 atom stereocenters. The van der Waals surface area contributed by atoms with Crippen molar-refractivity contribution in [3.63, 3.8) is 0 Å². The van der Waals surface area contributed by atoms with E-state index in [-0.39, 0.29) is 17.5 Å². The molecule has 0 saturated carbocycles. The Morgan fingerprint density at radius 3 is 2.69 bits per heavy atom. The number of urea groups is 1. The van der Waals surface area contributed by atoms with E-state index >= 15 is 0 Å². The van der Waals surface area contributed by atoms with Crippen LogP contribution in [0.3, 0.4) is 0 Å². The van der Waals surface area contributed by atoms with Gasteiger partial charge < -0.3 is 15.1 Å². The highest BCUT2D eigenvalue weighted by atomic mass is 16.2. The van der Waals surface area contributed by atoms with Crippen molar-refractivity contribution in [2.75, 3.05) is 19.6 Å². The minimum Gasteiger partial charge on any atom is -0.338 e. The second-order valence-electron chi connectivity index (χ2n) is 8.95. The third kappa shape index (κ3) is 4.02. The van der Waals surface area contributed by atoms with E-state index in [9.17, 15) is 9.59 Å². The zero-order valence-electron chi connectivity index (χ0n) is 16.5. The fourth-order valence-corrected chi connectivity index (χ4v) is 4.16. The van der Waals surface area contributed by atoms with Crippen LogP contribution in [-0.2, 0) is 11.3 Å². The van der Waals surface area contributed by atoms with Crippen molar-refractivity contribution in [2.24, 2.45) is 5.41 Å². The number of hydrogen-bond acceptors (Lipinski definition) is 2. The van der Waals surface area contributed by atoms with Gasteiger partial charge in [0, 0.05) is 31.7 Å². The first kappa shape index (κ1) is 18.7. The Kier molecular flexibility index (Phi) is 5.00. The second-order valence-corrected chi connectivity index (χ2v) is 8.95. The third-order valence-electron chi connectivity index (χ3n) is 5.40. The molecule has 2 fully saturated rings. The van der Waals surface area contributed by atoms with Gasteiger partial charge in [-0.05, 0) is 52.5 Å². The lowest BCUT2D eigenvalue weighted by Gasteiger charge is -2.39. The molecular formula is C21H31N3O2. The molecule has 0 bridgehead atoms. The Balaban J connectivity index is 1.68. The number of likely N-dealkylation sites (tertiary alicyclic amines) is 2. The van der Waals surface area contributed by atoms with E-state index in [4.69, 9.17) is 0 Å². The van der Waals surface area contributed by atoms with Gasteiger partial charge in [-0.1, -0.05) is 29.8 Å². The van der Waals surface area contributed by atoms with Crippen LogP contribution in [0.4, 0.5) is 4.79 Å². The Hall–Kier alpha value is -2.04. The molecule has 1 aromatic rings. The van der Waals surface area contributed by atoms with E-state index in [1.807, 2.05) is 36.6 Å². The van der Waals surface area contributed by atoms with E-state index < -0.39 is 5.41 Å². The molecule has 0 aliphatic carbocycles. The highest BCUT2D eigenvalue weighted by Gasteiger charge is 2.49. The van der Waals surface area contributed by atoms with Gasteiger partial charge in [-0.2, -0.15) is 0 Å². The monoisotopic (exact) mass is 357 g/mol. The lowest BCUT2D eigenvalue weighted by molar-refractivity contribution is -0.146. The number of carbonyl (C=O) groups excluding carboxylic acids is 2. The van der Waals surface area contributed by atoms with Crippen molar-refractivity contribution < 1.29 is 9.59 Å². The van der Waals surface area contributed by atoms with Gasteiger partial charge in [-0.3, -0.25) is 4.79 Å². The van der Waals surface area contributed by atoms with Crippen molar-refractivity contribution in [3.8, 4) is 0 Å². The number of rotatable bonds is 2. The second kappa shape index (κ2) is 6.93. The van der Waals surface area contributed by atoms with Crippen molar-refractivity contribution in [3.05, 3.63) is 35.4 Å². The number of hydrogen-bond donors (Lipinski definition) is 1. The standard InChI is InChI=1S/C21H31N3O2/c1-16-7-5-8-17(13-16)14-23-11-6-9-21(18(23)25)10-12-24(15-21)19(26)22-20(2,3)4/h5,7-8,13H,6,9-12,14-15H2,1-4H3,(H,22,26). The van der Waals surface area contributed by atoms with Crippen LogP contribution >= 0.6 is 0 Å². The normalized spacial score (nSPS) is 23.6. The van der Waals surface area contributed by atoms with Crippen LogP contribution in [0.2, 0.25) is 0 Å². The van der Waals surface area contributed by atoms with Gasteiger partial charge in [0.15, 0.2) is 0 Å². The molecule has 1 spiro atoms. The molecule has 0 aromatic heterocycles. The molecule has 142 valence electrons. The van der Waals surface area contributed by atoms with Crippen molar-refractivity contribution in [1.82, 2.24) is 15.1 Å². The largest absolute Gasteiger partial charge is 0.338 e. The van der Waals surface area contributed by atoms with E-state index in [1.54, 1.807) is 0 Å². The predicted molar refractivity (Wildman–Crippen MR) is 103 cm³/mol. The van der Waals surface area contributed by atoms with E-state index in [0.29, 0.717) is 19.6 Å². The number of aryl methyl sites for hydroxylation is 1. The van der Waals surface area contributed by atoms with Crippen LogP contribution in [-0.4, -0.2) is 46.9 Å². The minimum atomic E-state index is -0.392. The maximum Gasteiger partial charge on any atom is 0.317 e. The summed E-state index contributed by atoms with van der Waals surface area (Å²) in [5, 5.41) is 3.02. The summed E-state index contributed by atoms with van der Waals surface area (Å²) in [7, 11) is 0. The molecule has 2 aliphatic rings. The summed E-state index contributed by atoms with van der Waals surface area (Å²) in [6, 6.07) is 8.29. The molecule has 5 heteroatoms. The van der Waals surface area contributed by atoms with Gasteiger partial charge in [0.05, 0.1) is 5.41 Å². The SMILES string of the molecule is Cc1cccc(CN2CCCC3(CCN(C(=O)NC(C)(C)C)C3)C2=O)c1. The lowest BCUT2D eigenvalue weighted by atomic mass is 9.78. The number of piperidine rings is 1. The number of nitrogens with one attached hydrogen (secondary N) is 1. The number of carbonyl (C=O) groups is 2. The average molecular weight is 357 g/mol. The van der Waals surface area contributed by atoms with E-state index in [0.717, 1.165) is 25.8 Å². The third-order valence-corrected chi connectivity index (χ3v) is 5.40. The maximum absolute atomic E-state index is 13.3. The van der Waals surface area contributed by atoms with E-state index in [1.165, 1.54) is 11.1 Å². The average Bonchev–Trinajstić information content (AvgIpc) is 2.96. The highest BCUT2D eigenvalue weighted by Crippen LogP contribution is 2.40. The molecule has 2 aliphatic heterocycles. The van der Waals surface area contributed by atoms with Crippen molar-refractivity contribution >= 4 is 11.9 Å². The number of nitrogens with zero attached hydrogens (tertiary/aromatic N) is 2. The summed E-state index contributed by atoms with van der Waals surface area (Å²) < 4.78 is 0. The Bertz CT molecular complexity index is 695. The molecule has 1 aromatic carbocycles. The van der Waals surface area contributed by atoms with Crippen molar-refractivity contribution in [2.45, 2.75) is 59.0 Å². The minimum absolute atomic E-state index is 0.0574. The van der Waals surface area contributed by atoms with Gasteiger partial charge in [0.25, 0.3) is 0 Å². The summed E-state index contributed by atoms with van der Waals surface area (Å²) in [5.74, 6) is 0.219. The lowest BCUT2D eigenvalue weighted by Crippen LogP contribution is -2.52. The van der Waals surface area contributed by atoms with Gasteiger partial charge in [0.2, 0.25) is 5.91 Å². The molecular weight excluding hydrogens is 326 g/mol. The summed E-state index contributed by atoms with van der Waals surface area (Å²) in [6.45, 7) is 10.7. The Labute approximate surface area is 156 Å². The summed E-state index contributed by atoms with van der Waals surface area (Å²) in [4.78, 5) is 29.6. The quantitative estimate of drug-likeness (QED) is 0.883. The first-order valence-electron chi connectivity index (χ1n) is 9.61. The fourth-order valence-electron chi connectivity index (χ4n) is 4.16. The van der Waals surface area contributed by atoms with Gasteiger partial charge in [0.1, 0.15) is 0 Å². The molecule has 3 amide bonds. The zero-order chi connectivity index (χ0) is 18.9. The Morgan fingerprint density at radius 1 is 1.23 bits per heavy atom. The molecule has 26 heavy (non-hydrogen) atoms. The highest BCUT2D eigenvalue weighted by molar-refractivity contribution is 5.86. The number of amides is 3. The number of benzene rings is 1. The Morgan fingerprint density at radius 2 is 2.00 bits per heavy atom. The molecule has 2 heterocycles. The molecule has 2 saturated heterocycles. The van der Waals surface area contributed by atoms with Gasteiger partial charge in [-0.15, -0.1) is 0 Å². The van der Waals surface area contributed by atoms with Gasteiger partial charge in [-0.25, -0.2) is 4.79 Å². The molecule has 1 N–H and O–H groups in total. The van der Waals surface area contributed by atoms with Crippen LogP contribution in [0.5, 0.6) is 0 Å². The summed E-state index contributed by atoms with van der Waals surface area (Å²) >= 11 is 0. The van der Waals surface area contributed by atoms with Crippen molar-refractivity contribution in [1.29, 1.82) is 0 Å². The van der Waals surface area contributed by atoms with Crippen LogP contribution in [0.15, 0.2) is 24.3 Å². The molecule has 1 unspecified atom stereocenters. The van der Waals surface area contributed by atoms with Crippen LogP contribution < -0.4 is 5.32 Å². The van der Waals surface area contributed by atoms with Crippen LogP contribution in [0.25, 0.3) is 0 Å². The smallest absolute Gasteiger partial charge is 0.317 e. The molecule has 5 nitrogen and oxygen atoms in total. The first-order valence-corrected chi connectivity index (χ1v) is 9.61. The first-order chi connectivity index (χ1) is 12.2. The molecule has 3 rings (SSSR count). The van der Waals surface area contributed by atoms with Crippen LogP contribution in [0, 0.1) is 12.3 Å². The fraction of sp³-hybridized carbons (Fsp3) is 0.619. The topological polar surface area (TPSA) is 52.6 Å². The maximum atomic E-state index is 13.3. The summed E-state index contributed by atoms with van der Waals surface area (Å²) in [5.41, 5.74) is 1.74. The predicted octanol–water partition coefficient (Wildman–Crippen LogP) is 3.32. The summed E-state index contributed by atoms with van der Waals surface area (Å²) in [6.07, 6.45) is 2.66. The molecule has 0 radical (unpaired) electrons. The van der Waals surface area contributed by atoms with Crippen LogP contribution in [0.1, 0.15) is 51.2 Å². The van der Waals surface area contributed by atoms with E-state index in [2.05, 4.69) is 30.4 Å². The zero-order valence-corrected chi connectivity index (χ0v) is 16.5. The van der Waals surface area contributed by atoms with Gasteiger partial charge >= 0.3 is 6.03 Å².